The monoisotopic (exact) mass is 253 g/mol. The first-order valence-electron chi connectivity index (χ1n) is 7.76. The fourth-order valence-corrected chi connectivity index (χ4v) is 3.26. The van der Waals surface area contributed by atoms with Gasteiger partial charge in [0.1, 0.15) is 0 Å². The van der Waals surface area contributed by atoms with Crippen LogP contribution in [-0.2, 0) is 0 Å². The van der Waals surface area contributed by atoms with Crippen molar-refractivity contribution in [2.24, 2.45) is 11.8 Å². The van der Waals surface area contributed by atoms with Gasteiger partial charge >= 0.3 is 0 Å². The zero-order chi connectivity index (χ0) is 13.0. The Labute approximate surface area is 113 Å². The van der Waals surface area contributed by atoms with Crippen molar-refractivity contribution in [3.63, 3.8) is 0 Å². The number of piperidine rings is 1. The van der Waals surface area contributed by atoms with Crippen molar-refractivity contribution in [2.75, 3.05) is 59.4 Å². The van der Waals surface area contributed by atoms with Crippen molar-refractivity contribution >= 4 is 0 Å². The van der Waals surface area contributed by atoms with E-state index in [2.05, 4.69) is 35.6 Å². The van der Waals surface area contributed by atoms with Gasteiger partial charge in [-0.05, 0) is 44.8 Å². The van der Waals surface area contributed by atoms with Crippen LogP contribution in [0, 0.1) is 11.8 Å². The number of piperazine rings is 1. The second-order valence-corrected chi connectivity index (χ2v) is 6.74. The fourth-order valence-electron chi connectivity index (χ4n) is 3.26. The van der Waals surface area contributed by atoms with Crippen LogP contribution >= 0.6 is 0 Å². The van der Waals surface area contributed by atoms with Crippen LogP contribution in [-0.4, -0.2) is 74.1 Å². The van der Waals surface area contributed by atoms with Crippen molar-refractivity contribution in [1.82, 2.24) is 14.7 Å². The standard InChI is InChI=1S/C15H31N3/c1-14(2)12-17-6-4-15(5-7-17)13-18-10-8-16(3)9-11-18/h14-15H,4-13H2,1-3H3. The van der Waals surface area contributed by atoms with Gasteiger partial charge in [-0.3, -0.25) is 0 Å². The highest BCUT2D eigenvalue weighted by atomic mass is 15.2. The molecule has 3 heteroatoms. The van der Waals surface area contributed by atoms with Gasteiger partial charge in [-0.1, -0.05) is 13.8 Å². The molecule has 0 aliphatic carbocycles. The van der Waals surface area contributed by atoms with E-state index in [0.29, 0.717) is 0 Å². The average molecular weight is 253 g/mol. The summed E-state index contributed by atoms with van der Waals surface area (Å²) in [7, 11) is 2.24. The number of nitrogens with zero attached hydrogens (tertiary/aromatic N) is 3. The maximum absolute atomic E-state index is 2.68. The van der Waals surface area contributed by atoms with Gasteiger partial charge in [0.05, 0.1) is 0 Å². The molecule has 2 saturated heterocycles. The Balaban J connectivity index is 1.64. The summed E-state index contributed by atoms with van der Waals surface area (Å²) < 4.78 is 0. The highest BCUT2D eigenvalue weighted by Crippen LogP contribution is 2.19. The van der Waals surface area contributed by atoms with Crippen molar-refractivity contribution in [1.29, 1.82) is 0 Å². The zero-order valence-corrected chi connectivity index (χ0v) is 12.6. The molecule has 0 saturated carbocycles. The van der Waals surface area contributed by atoms with E-state index in [9.17, 15) is 0 Å². The fraction of sp³-hybridized carbons (Fsp3) is 1.00. The lowest BCUT2D eigenvalue weighted by Crippen LogP contribution is -2.47. The molecule has 2 aliphatic rings. The van der Waals surface area contributed by atoms with Crippen LogP contribution in [0.15, 0.2) is 0 Å². The molecule has 2 heterocycles. The van der Waals surface area contributed by atoms with Gasteiger partial charge < -0.3 is 14.7 Å². The minimum absolute atomic E-state index is 0.819. The van der Waals surface area contributed by atoms with Crippen molar-refractivity contribution < 1.29 is 0 Å². The minimum atomic E-state index is 0.819. The van der Waals surface area contributed by atoms with Crippen LogP contribution in [0.25, 0.3) is 0 Å². The molecule has 0 N–H and O–H groups in total. The van der Waals surface area contributed by atoms with E-state index in [4.69, 9.17) is 0 Å². The van der Waals surface area contributed by atoms with E-state index in [1.54, 1.807) is 0 Å². The van der Waals surface area contributed by atoms with E-state index in [0.717, 1.165) is 11.8 Å². The molecular weight excluding hydrogens is 222 g/mol. The molecule has 2 rings (SSSR count). The first-order valence-corrected chi connectivity index (χ1v) is 7.76. The van der Waals surface area contributed by atoms with Gasteiger partial charge in [-0.15, -0.1) is 0 Å². The molecule has 2 fully saturated rings. The van der Waals surface area contributed by atoms with E-state index >= 15 is 0 Å². The molecule has 0 radical (unpaired) electrons. The molecule has 0 unspecified atom stereocenters. The second-order valence-electron chi connectivity index (χ2n) is 6.74. The predicted molar refractivity (Wildman–Crippen MR) is 77.9 cm³/mol. The third-order valence-electron chi connectivity index (χ3n) is 4.44. The second kappa shape index (κ2) is 6.88. The molecule has 0 bridgehead atoms. The number of likely N-dealkylation sites (tertiary alicyclic amines) is 1. The number of hydrogen-bond donors (Lipinski definition) is 0. The Bertz CT molecular complexity index is 226. The first-order chi connectivity index (χ1) is 8.63. The summed E-state index contributed by atoms with van der Waals surface area (Å²) in [5, 5.41) is 0. The lowest BCUT2D eigenvalue weighted by atomic mass is 9.95. The van der Waals surface area contributed by atoms with Gasteiger partial charge in [0.25, 0.3) is 0 Å². The largest absolute Gasteiger partial charge is 0.304 e. The highest BCUT2D eigenvalue weighted by Gasteiger charge is 2.23. The molecule has 0 aromatic heterocycles. The smallest absolute Gasteiger partial charge is 0.0110 e. The van der Waals surface area contributed by atoms with Gasteiger partial charge in [-0.25, -0.2) is 0 Å². The third kappa shape index (κ3) is 4.52. The zero-order valence-electron chi connectivity index (χ0n) is 12.6. The van der Waals surface area contributed by atoms with Gasteiger partial charge in [0.15, 0.2) is 0 Å². The molecule has 3 nitrogen and oxygen atoms in total. The Kier molecular flexibility index (Phi) is 5.46. The molecule has 106 valence electrons. The highest BCUT2D eigenvalue weighted by molar-refractivity contribution is 4.78. The van der Waals surface area contributed by atoms with E-state index in [-0.39, 0.29) is 0 Å². The lowest BCUT2D eigenvalue weighted by molar-refractivity contribution is 0.102. The first kappa shape index (κ1) is 14.3. The summed E-state index contributed by atoms with van der Waals surface area (Å²) in [4.78, 5) is 7.79. The maximum atomic E-state index is 2.68. The predicted octanol–water partition coefficient (Wildman–Crippen LogP) is 1.60. The molecule has 18 heavy (non-hydrogen) atoms. The Morgan fingerprint density at radius 3 is 2.06 bits per heavy atom. The average Bonchev–Trinajstić information content (AvgIpc) is 2.34. The minimum Gasteiger partial charge on any atom is -0.304 e. The maximum Gasteiger partial charge on any atom is 0.0110 e. The Hall–Kier alpha value is -0.120. The van der Waals surface area contributed by atoms with E-state index < -0.39 is 0 Å². The molecule has 0 aromatic rings. The lowest BCUT2D eigenvalue weighted by Gasteiger charge is -2.38. The van der Waals surface area contributed by atoms with Crippen LogP contribution in [0.5, 0.6) is 0 Å². The quantitative estimate of drug-likeness (QED) is 0.753. The summed E-state index contributed by atoms with van der Waals surface area (Å²) >= 11 is 0. The molecular formula is C15H31N3. The normalized spacial score (nSPS) is 26.0. The van der Waals surface area contributed by atoms with Crippen molar-refractivity contribution in [2.45, 2.75) is 26.7 Å². The number of hydrogen-bond acceptors (Lipinski definition) is 3. The summed E-state index contributed by atoms with van der Waals surface area (Å²) in [5.41, 5.74) is 0. The molecule has 0 aromatic carbocycles. The summed E-state index contributed by atoms with van der Waals surface area (Å²) in [6.45, 7) is 15.0. The van der Waals surface area contributed by atoms with Gasteiger partial charge in [0.2, 0.25) is 0 Å². The third-order valence-corrected chi connectivity index (χ3v) is 4.44. The Morgan fingerprint density at radius 1 is 0.889 bits per heavy atom. The van der Waals surface area contributed by atoms with Crippen LogP contribution in [0.4, 0.5) is 0 Å². The summed E-state index contributed by atoms with van der Waals surface area (Å²) in [6.07, 6.45) is 2.83. The topological polar surface area (TPSA) is 9.72 Å². The molecule has 0 amide bonds. The summed E-state index contributed by atoms with van der Waals surface area (Å²) in [6, 6.07) is 0. The van der Waals surface area contributed by atoms with E-state index in [1.807, 2.05) is 0 Å². The molecule has 0 spiro atoms. The summed E-state index contributed by atoms with van der Waals surface area (Å²) in [5.74, 6) is 1.77. The number of likely N-dealkylation sites (N-methyl/N-ethyl adjacent to an activating group) is 1. The molecule has 0 atom stereocenters. The van der Waals surface area contributed by atoms with E-state index in [1.165, 1.54) is 65.2 Å². The van der Waals surface area contributed by atoms with Crippen molar-refractivity contribution in [3.05, 3.63) is 0 Å². The van der Waals surface area contributed by atoms with Crippen LogP contribution in [0.1, 0.15) is 26.7 Å². The Morgan fingerprint density at radius 2 is 1.50 bits per heavy atom. The van der Waals surface area contributed by atoms with Crippen LogP contribution in [0.3, 0.4) is 0 Å². The SMILES string of the molecule is CC(C)CN1CCC(CN2CCN(C)CC2)CC1. The van der Waals surface area contributed by atoms with Crippen LogP contribution < -0.4 is 0 Å². The molecule has 2 aliphatic heterocycles. The van der Waals surface area contributed by atoms with Gasteiger partial charge in [-0.2, -0.15) is 0 Å². The van der Waals surface area contributed by atoms with Gasteiger partial charge in [0, 0.05) is 39.3 Å². The number of rotatable bonds is 4. The van der Waals surface area contributed by atoms with Crippen molar-refractivity contribution in [3.8, 4) is 0 Å². The van der Waals surface area contributed by atoms with Crippen LogP contribution in [0.2, 0.25) is 0 Å².